The second-order valence-electron chi connectivity index (χ2n) is 10.2. The van der Waals surface area contributed by atoms with Gasteiger partial charge in [-0.3, -0.25) is 18.8 Å². The van der Waals surface area contributed by atoms with Gasteiger partial charge in [0.2, 0.25) is 5.91 Å². The van der Waals surface area contributed by atoms with Crippen LogP contribution in [0.15, 0.2) is 60.9 Å². The first-order valence-electron chi connectivity index (χ1n) is 14.3. The smallest absolute Gasteiger partial charge is 0.257 e. The Bertz CT molecular complexity index is 1570. The topological polar surface area (TPSA) is 121 Å². The molecule has 0 unspecified atom stereocenters. The number of likely N-dealkylation sites (tertiary alicyclic amines) is 1. The third kappa shape index (κ3) is 6.71. The Morgan fingerprint density at radius 2 is 1.86 bits per heavy atom. The van der Waals surface area contributed by atoms with Gasteiger partial charge in [0, 0.05) is 56.2 Å². The molecule has 3 N–H and O–H groups in total. The zero-order valence-electron chi connectivity index (χ0n) is 23.5. The predicted octanol–water partition coefficient (Wildman–Crippen LogP) is 5.26. The molecule has 1 aliphatic rings. The largest absolute Gasteiger partial charge is 0.369 e. The minimum absolute atomic E-state index is 0.188. The molecule has 0 bridgehead atoms. The summed E-state index contributed by atoms with van der Waals surface area (Å²) in [5.41, 5.74) is 3.59. The molecule has 0 saturated carbocycles. The van der Waals surface area contributed by atoms with Crippen LogP contribution in [0.25, 0.3) is 16.9 Å². The fourth-order valence-corrected chi connectivity index (χ4v) is 5.04. The Labute approximate surface area is 249 Å². The Hall–Kier alpha value is -4.44. The van der Waals surface area contributed by atoms with Crippen molar-refractivity contribution in [1.82, 2.24) is 24.6 Å². The van der Waals surface area contributed by atoms with Gasteiger partial charge in [-0.05, 0) is 55.7 Å². The Morgan fingerprint density at radius 3 is 2.57 bits per heavy atom. The predicted molar refractivity (Wildman–Crippen MR) is 164 cm³/mol. The molecule has 10 nitrogen and oxygen atoms in total. The van der Waals surface area contributed by atoms with Crippen molar-refractivity contribution < 1.29 is 14.4 Å². The van der Waals surface area contributed by atoms with E-state index in [2.05, 4.69) is 27.9 Å². The van der Waals surface area contributed by atoms with Crippen LogP contribution in [0.4, 0.5) is 11.5 Å². The number of pyridine rings is 2. The summed E-state index contributed by atoms with van der Waals surface area (Å²) >= 11 is 5.83. The van der Waals surface area contributed by atoms with Crippen LogP contribution in [0.3, 0.4) is 0 Å². The average molecular weight is 588 g/mol. The van der Waals surface area contributed by atoms with Gasteiger partial charge >= 0.3 is 0 Å². The zero-order chi connectivity index (χ0) is 29.5. The molecular weight excluding hydrogens is 554 g/mol. The highest BCUT2D eigenvalue weighted by atomic mass is 35.5. The van der Waals surface area contributed by atoms with Crippen LogP contribution >= 0.6 is 11.6 Å². The second-order valence-corrected chi connectivity index (χ2v) is 10.6. The number of carbonyl (C=O) groups is 3. The van der Waals surface area contributed by atoms with Gasteiger partial charge in [-0.2, -0.15) is 0 Å². The fourth-order valence-electron chi connectivity index (χ4n) is 4.93. The number of fused-ring (bicyclic) bond motifs is 1. The van der Waals surface area contributed by atoms with E-state index in [1.165, 1.54) is 6.20 Å². The van der Waals surface area contributed by atoms with Crippen LogP contribution in [0, 0.1) is 0 Å². The van der Waals surface area contributed by atoms with Gasteiger partial charge in [0.15, 0.2) is 5.65 Å². The van der Waals surface area contributed by atoms with E-state index in [1.54, 1.807) is 18.2 Å². The monoisotopic (exact) mass is 587 g/mol. The molecule has 0 spiro atoms. The summed E-state index contributed by atoms with van der Waals surface area (Å²) in [5.74, 6) is 0.488. The molecule has 0 aliphatic carbocycles. The van der Waals surface area contributed by atoms with Crippen molar-refractivity contribution in [1.29, 1.82) is 0 Å². The molecular formula is C31H34ClN7O3. The van der Waals surface area contributed by atoms with Crippen LogP contribution in [-0.2, 0) is 4.79 Å². The van der Waals surface area contributed by atoms with Crippen molar-refractivity contribution >= 4 is 46.5 Å². The fraction of sp³-hybridized carbons (Fsp3) is 0.323. The first kappa shape index (κ1) is 29.1. The molecule has 0 radical (unpaired) electrons. The number of imidazole rings is 1. The van der Waals surface area contributed by atoms with E-state index < -0.39 is 0 Å². The highest BCUT2D eigenvalue weighted by molar-refractivity contribution is 6.29. The molecule has 218 valence electrons. The maximum absolute atomic E-state index is 13.2. The van der Waals surface area contributed by atoms with E-state index >= 15 is 0 Å². The van der Waals surface area contributed by atoms with Crippen molar-refractivity contribution in [2.75, 3.05) is 36.8 Å². The van der Waals surface area contributed by atoms with Crippen LogP contribution in [0.2, 0.25) is 5.15 Å². The number of halogens is 1. The third-order valence-electron chi connectivity index (χ3n) is 7.18. The summed E-state index contributed by atoms with van der Waals surface area (Å²) in [6, 6.07) is 14.2. The maximum Gasteiger partial charge on any atom is 0.257 e. The molecule has 3 aromatic heterocycles. The number of nitrogens with one attached hydrogen (secondary N) is 3. The molecule has 4 aromatic rings. The number of hydrogen-bond donors (Lipinski definition) is 3. The standard InChI is InChI=1S/C31H34ClN7O3/c1-2-3-15-33-29-27(21-9-12-23(13-10-21)36-30(41)22-11-14-25(32)35-20-22)37-28-24(7-4-19-39(28)29)31(42)34-16-6-18-38-17-5-8-26(38)40/h4,7,9-14,19-20,33H,2-3,5-6,8,15-18H2,1H3,(H,34,42)(H,36,41). The van der Waals surface area contributed by atoms with Crippen LogP contribution in [0.5, 0.6) is 0 Å². The number of carbonyl (C=O) groups excluding carboxylic acids is 3. The summed E-state index contributed by atoms with van der Waals surface area (Å²) in [7, 11) is 0. The lowest BCUT2D eigenvalue weighted by Gasteiger charge is -2.15. The number of rotatable bonds is 12. The lowest BCUT2D eigenvalue weighted by atomic mass is 10.1. The van der Waals surface area contributed by atoms with Crippen LogP contribution < -0.4 is 16.0 Å². The third-order valence-corrected chi connectivity index (χ3v) is 7.41. The van der Waals surface area contributed by atoms with E-state index in [0.29, 0.717) is 59.2 Å². The minimum atomic E-state index is -0.288. The van der Waals surface area contributed by atoms with Crippen molar-refractivity contribution in [3.05, 3.63) is 77.2 Å². The number of benzene rings is 1. The first-order valence-corrected chi connectivity index (χ1v) is 14.7. The highest BCUT2D eigenvalue weighted by Gasteiger charge is 2.21. The lowest BCUT2D eigenvalue weighted by molar-refractivity contribution is -0.127. The maximum atomic E-state index is 13.2. The van der Waals surface area contributed by atoms with Gasteiger partial charge in [-0.25, -0.2) is 9.97 Å². The molecule has 5 rings (SSSR count). The normalized spacial score (nSPS) is 13.0. The molecule has 1 fully saturated rings. The van der Waals surface area contributed by atoms with Gasteiger partial charge in [0.1, 0.15) is 16.7 Å². The highest BCUT2D eigenvalue weighted by Crippen LogP contribution is 2.31. The van der Waals surface area contributed by atoms with Gasteiger partial charge < -0.3 is 20.9 Å². The van der Waals surface area contributed by atoms with Crippen LogP contribution in [0.1, 0.15) is 59.7 Å². The van der Waals surface area contributed by atoms with Gasteiger partial charge in [0.25, 0.3) is 11.8 Å². The number of amides is 3. The van der Waals surface area contributed by atoms with E-state index in [0.717, 1.165) is 43.7 Å². The van der Waals surface area contributed by atoms with E-state index in [1.807, 2.05) is 45.8 Å². The van der Waals surface area contributed by atoms with Crippen molar-refractivity contribution in [3.63, 3.8) is 0 Å². The molecule has 1 aliphatic heterocycles. The molecule has 4 heterocycles. The quantitative estimate of drug-likeness (QED) is 0.154. The Balaban J connectivity index is 1.34. The van der Waals surface area contributed by atoms with Crippen molar-refractivity contribution in [2.45, 2.75) is 39.0 Å². The molecule has 42 heavy (non-hydrogen) atoms. The van der Waals surface area contributed by atoms with Gasteiger partial charge in [0.05, 0.1) is 11.1 Å². The van der Waals surface area contributed by atoms with Crippen molar-refractivity contribution in [2.24, 2.45) is 0 Å². The Kier molecular flexibility index (Phi) is 9.33. The second kappa shape index (κ2) is 13.5. The molecule has 0 atom stereocenters. The average Bonchev–Trinajstić information content (AvgIpc) is 3.59. The summed E-state index contributed by atoms with van der Waals surface area (Å²) in [5, 5.41) is 9.69. The SMILES string of the molecule is CCCCNc1c(-c2ccc(NC(=O)c3ccc(Cl)nc3)cc2)nc2c(C(=O)NCCCN3CCCC3=O)cccn12. The van der Waals surface area contributed by atoms with Gasteiger partial charge in [-0.1, -0.05) is 37.1 Å². The zero-order valence-corrected chi connectivity index (χ0v) is 24.3. The van der Waals surface area contributed by atoms with E-state index in [9.17, 15) is 14.4 Å². The first-order chi connectivity index (χ1) is 20.4. The summed E-state index contributed by atoms with van der Waals surface area (Å²) in [6.07, 6.45) is 7.56. The lowest BCUT2D eigenvalue weighted by Crippen LogP contribution is -2.30. The summed E-state index contributed by atoms with van der Waals surface area (Å²) < 4.78 is 1.91. The Morgan fingerprint density at radius 1 is 1.02 bits per heavy atom. The van der Waals surface area contributed by atoms with E-state index in [4.69, 9.17) is 16.6 Å². The molecule has 3 amide bonds. The number of hydrogen-bond acceptors (Lipinski definition) is 6. The molecule has 11 heteroatoms. The summed E-state index contributed by atoms with van der Waals surface area (Å²) in [4.78, 5) is 48.4. The number of anilines is 2. The number of unbranched alkanes of at least 4 members (excludes halogenated alkanes) is 1. The number of aromatic nitrogens is 3. The van der Waals surface area contributed by atoms with Crippen LogP contribution in [-0.4, -0.2) is 63.2 Å². The molecule has 1 saturated heterocycles. The van der Waals surface area contributed by atoms with Crippen molar-refractivity contribution in [3.8, 4) is 11.3 Å². The van der Waals surface area contributed by atoms with Gasteiger partial charge in [-0.15, -0.1) is 0 Å². The number of nitrogens with zero attached hydrogens (tertiary/aromatic N) is 4. The summed E-state index contributed by atoms with van der Waals surface area (Å²) in [6.45, 7) is 4.80. The van der Waals surface area contributed by atoms with E-state index in [-0.39, 0.29) is 17.7 Å². The molecule has 1 aromatic carbocycles. The minimum Gasteiger partial charge on any atom is -0.369 e.